The maximum Gasteiger partial charge on any atom is 0.123 e. The van der Waals surface area contributed by atoms with E-state index in [1.54, 1.807) is 6.26 Å². The lowest BCUT2D eigenvalue weighted by Gasteiger charge is -2.10. The summed E-state index contributed by atoms with van der Waals surface area (Å²) in [4.78, 5) is 0. The normalized spacial score (nSPS) is 9.83. The van der Waals surface area contributed by atoms with Crippen LogP contribution in [0.5, 0.6) is 5.75 Å². The van der Waals surface area contributed by atoms with E-state index in [1.807, 2.05) is 37.3 Å². The molecule has 0 unspecified atom stereocenters. The first kappa shape index (κ1) is 14.6. The van der Waals surface area contributed by atoms with Gasteiger partial charge in [0.15, 0.2) is 0 Å². The monoisotopic (exact) mass is 266 g/mol. The van der Waals surface area contributed by atoms with Crippen molar-refractivity contribution in [2.24, 2.45) is 0 Å². The van der Waals surface area contributed by atoms with Gasteiger partial charge in [0.25, 0.3) is 0 Å². The second kappa shape index (κ2) is 7.80. The molecule has 0 fully saturated rings. The van der Waals surface area contributed by atoms with Gasteiger partial charge < -0.3 is 26.9 Å². The SMILES string of the molecule is CCOc1ccccc1CNCc1ccco1.[Cl-]. The molecule has 1 N–H and O–H groups in total. The van der Waals surface area contributed by atoms with Gasteiger partial charge in [0.05, 0.1) is 19.4 Å². The third-order valence-electron chi connectivity index (χ3n) is 2.47. The van der Waals surface area contributed by atoms with Crippen LogP contribution in [0.15, 0.2) is 47.1 Å². The van der Waals surface area contributed by atoms with Crippen molar-refractivity contribution in [1.29, 1.82) is 0 Å². The Morgan fingerprint density at radius 2 is 1.94 bits per heavy atom. The van der Waals surface area contributed by atoms with Crippen molar-refractivity contribution in [3.05, 3.63) is 54.0 Å². The van der Waals surface area contributed by atoms with Gasteiger partial charge >= 0.3 is 0 Å². The van der Waals surface area contributed by atoms with Gasteiger partial charge in [-0.3, -0.25) is 0 Å². The number of nitrogens with one attached hydrogen (secondary N) is 1. The van der Waals surface area contributed by atoms with E-state index < -0.39 is 0 Å². The standard InChI is InChI=1S/C14H17NO2.ClH/c1-2-16-14-8-4-3-6-12(14)10-15-11-13-7-5-9-17-13;/h3-9,15H,2,10-11H2,1H3;1H/p-1. The quantitative estimate of drug-likeness (QED) is 0.798. The minimum Gasteiger partial charge on any atom is -1.00 e. The van der Waals surface area contributed by atoms with E-state index in [9.17, 15) is 0 Å². The zero-order valence-electron chi connectivity index (χ0n) is 10.4. The molecule has 1 aromatic heterocycles. The van der Waals surface area contributed by atoms with Crippen molar-refractivity contribution in [1.82, 2.24) is 5.32 Å². The predicted octanol–water partition coefficient (Wildman–Crippen LogP) is -0.0279. The Morgan fingerprint density at radius 1 is 1.11 bits per heavy atom. The largest absolute Gasteiger partial charge is 1.00 e. The van der Waals surface area contributed by atoms with Gasteiger partial charge in [-0.2, -0.15) is 0 Å². The minimum absolute atomic E-state index is 0. The molecule has 4 heteroatoms. The number of furan rings is 1. The summed E-state index contributed by atoms with van der Waals surface area (Å²) in [5.41, 5.74) is 1.17. The summed E-state index contributed by atoms with van der Waals surface area (Å²) >= 11 is 0. The lowest BCUT2D eigenvalue weighted by molar-refractivity contribution is -0.00000455. The van der Waals surface area contributed by atoms with Gasteiger partial charge in [-0.15, -0.1) is 0 Å². The highest BCUT2D eigenvalue weighted by atomic mass is 35.5. The average molecular weight is 267 g/mol. The molecule has 18 heavy (non-hydrogen) atoms. The Balaban J connectivity index is 0.00000162. The van der Waals surface area contributed by atoms with Crippen LogP contribution >= 0.6 is 0 Å². The number of ether oxygens (including phenoxy) is 1. The number of rotatable bonds is 6. The van der Waals surface area contributed by atoms with Crippen LogP contribution in [0.1, 0.15) is 18.2 Å². The maximum absolute atomic E-state index is 5.56. The molecule has 2 rings (SSSR count). The Labute approximate surface area is 114 Å². The third-order valence-corrected chi connectivity index (χ3v) is 2.47. The molecule has 0 aliphatic heterocycles. The molecule has 0 spiro atoms. The molecular weight excluding hydrogens is 250 g/mol. The fraction of sp³-hybridized carbons (Fsp3) is 0.286. The highest BCUT2D eigenvalue weighted by Gasteiger charge is 2.02. The topological polar surface area (TPSA) is 34.4 Å². The number of halogens is 1. The van der Waals surface area contributed by atoms with Gasteiger partial charge in [0.2, 0.25) is 0 Å². The van der Waals surface area contributed by atoms with Crippen molar-refractivity contribution in [3.63, 3.8) is 0 Å². The molecule has 0 radical (unpaired) electrons. The molecule has 0 saturated carbocycles. The van der Waals surface area contributed by atoms with E-state index in [2.05, 4.69) is 11.4 Å². The van der Waals surface area contributed by atoms with Gasteiger partial charge in [-0.1, -0.05) is 18.2 Å². The highest BCUT2D eigenvalue weighted by molar-refractivity contribution is 5.33. The summed E-state index contributed by atoms with van der Waals surface area (Å²) in [6.07, 6.45) is 1.69. The first-order valence-electron chi connectivity index (χ1n) is 5.84. The lowest BCUT2D eigenvalue weighted by atomic mass is 10.2. The van der Waals surface area contributed by atoms with Crippen LogP contribution in [0.2, 0.25) is 0 Å². The molecule has 2 aromatic rings. The van der Waals surface area contributed by atoms with E-state index >= 15 is 0 Å². The Morgan fingerprint density at radius 3 is 2.67 bits per heavy atom. The fourth-order valence-corrected chi connectivity index (χ4v) is 1.68. The molecule has 98 valence electrons. The van der Waals surface area contributed by atoms with Crippen molar-refractivity contribution >= 4 is 0 Å². The number of hydrogen-bond donors (Lipinski definition) is 1. The van der Waals surface area contributed by atoms with Gasteiger partial charge in [-0.25, -0.2) is 0 Å². The zero-order valence-corrected chi connectivity index (χ0v) is 11.1. The van der Waals surface area contributed by atoms with Gasteiger partial charge in [0.1, 0.15) is 11.5 Å². The molecule has 0 saturated heterocycles. The molecule has 1 heterocycles. The number of benzene rings is 1. The van der Waals surface area contributed by atoms with Crippen LogP contribution < -0.4 is 22.5 Å². The Kier molecular flexibility index (Phi) is 6.33. The number of para-hydroxylation sites is 1. The second-order valence-electron chi connectivity index (χ2n) is 3.72. The minimum atomic E-state index is 0. The van der Waals surface area contributed by atoms with E-state index in [0.717, 1.165) is 24.6 Å². The highest BCUT2D eigenvalue weighted by Crippen LogP contribution is 2.17. The molecule has 0 amide bonds. The molecular formula is C14H17ClNO2-. The molecule has 0 aliphatic carbocycles. The average Bonchev–Trinajstić information content (AvgIpc) is 2.85. The Hall–Kier alpha value is -1.45. The molecule has 0 bridgehead atoms. The zero-order chi connectivity index (χ0) is 11.9. The summed E-state index contributed by atoms with van der Waals surface area (Å²) < 4.78 is 10.8. The summed E-state index contributed by atoms with van der Waals surface area (Å²) in [5, 5.41) is 3.33. The van der Waals surface area contributed by atoms with E-state index in [-0.39, 0.29) is 12.4 Å². The van der Waals surface area contributed by atoms with Crippen LogP contribution in [0.4, 0.5) is 0 Å². The summed E-state index contributed by atoms with van der Waals surface area (Å²) in [6, 6.07) is 11.9. The van der Waals surface area contributed by atoms with Crippen molar-refractivity contribution in [2.75, 3.05) is 6.61 Å². The van der Waals surface area contributed by atoms with Crippen LogP contribution in [-0.4, -0.2) is 6.61 Å². The molecule has 0 aliphatic rings. The third kappa shape index (κ3) is 4.09. The van der Waals surface area contributed by atoms with E-state index in [4.69, 9.17) is 9.15 Å². The van der Waals surface area contributed by atoms with Crippen molar-refractivity contribution in [3.8, 4) is 5.75 Å². The summed E-state index contributed by atoms with van der Waals surface area (Å²) in [7, 11) is 0. The van der Waals surface area contributed by atoms with E-state index in [1.165, 1.54) is 5.56 Å². The molecule has 3 nitrogen and oxygen atoms in total. The van der Waals surface area contributed by atoms with Crippen molar-refractivity contribution < 1.29 is 21.6 Å². The van der Waals surface area contributed by atoms with Crippen LogP contribution in [0.25, 0.3) is 0 Å². The summed E-state index contributed by atoms with van der Waals surface area (Å²) in [6.45, 7) is 4.19. The van der Waals surface area contributed by atoms with Crippen LogP contribution in [0, 0.1) is 0 Å². The van der Waals surface area contributed by atoms with Crippen LogP contribution in [-0.2, 0) is 13.1 Å². The smallest absolute Gasteiger partial charge is 0.123 e. The first-order valence-corrected chi connectivity index (χ1v) is 5.84. The number of hydrogen-bond acceptors (Lipinski definition) is 3. The fourth-order valence-electron chi connectivity index (χ4n) is 1.68. The summed E-state index contributed by atoms with van der Waals surface area (Å²) in [5.74, 6) is 1.89. The van der Waals surface area contributed by atoms with Crippen LogP contribution in [0.3, 0.4) is 0 Å². The molecule has 1 aromatic carbocycles. The predicted molar refractivity (Wildman–Crippen MR) is 66.9 cm³/mol. The Bertz CT molecular complexity index is 443. The maximum atomic E-state index is 5.56. The van der Waals surface area contributed by atoms with Gasteiger partial charge in [-0.05, 0) is 25.1 Å². The molecule has 0 atom stereocenters. The first-order chi connectivity index (χ1) is 8.40. The van der Waals surface area contributed by atoms with Crippen molar-refractivity contribution in [2.45, 2.75) is 20.0 Å². The van der Waals surface area contributed by atoms with E-state index in [0.29, 0.717) is 6.61 Å². The van der Waals surface area contributed by atoms with Gasteiger partial charge in [0, 0.05) is 12.1 Å². The lowest BCUT2D eigenvalue weighted by Crippen LogP contribution is -3.00. The second-order valence-corrected chi connectivity index (χ2v) is 3.72.